The monoisotopic (exact) mass is 282 g/mol. The van der Waals surface area contributed by atoms with Crippen LogP contribution in [-0.2, 0) is 10.0 Å². The molecule has 1 aromatic carbocycles. The van der Waals surface area contributed by atoms with Gasteiger partial charge < -0.3 is 5.32 Å². The molecule has 0 aliphatic carbocycles. The highest BCUT2D eigenvalue weighted by Crippen LogP contribution is 2.17. The van der Waals surface area contributed by atoms with Crippen LogP contribution in [0.3, 0.4) is 0 Å². The van der Waals surface area contributed by atoms with Crippen LogP contribution in [0.4, 0.5) is 0 Å². The van der Waals surface area contributed by atoms with Crippen molar-refractivity contribution in [2.45, 2.75) is 50.6 Å². The van der Waals surface area contributed by atoms with Crippen molar-refractivity contribution in [3.63, 3.8) is 0 Å². The lowest BCUT2D eigenvalue weighted by Crippen LogP contribution is -2.51. The Labute approximate surface area is 115 Å². The molecular formula is C14H22N2O2S. The van der Waals surface area contributed by atoms with E-state index in [1.807, 2.05) is 26.8 Å². The van der Waals surface area contributed by atoms with E-state index >= 15 is 0 Å². The predicted octanol–water partition coefficient (Wildman–Crippen LogP) is 1.72. The summed E-state index contributed by atoms with van der Waals surface area (Å²) in [6, 6.07) is 5.41. The Morgan fingerprint density at radius 2 is 2.00 bits per heavy atom. The fourth-order valence-electron chi connectivity index (χ4n) is 2.35. The molecule has 19 heavy (non-hydrogen) atoms. The summed E-state index contributed by atoms with van der Waals surface area (Å²) in [7, 11) is -3.42. The molecule has 0 amide bonds. The van der Waals surface area contributed by atoms with E-state index in [0.29, 0.717) is 4.90 Å². The SMILES string of the molecule is Cc1ccc(S(=O)(=O)N[C@@H]2CCCN[C@@H]2C)cc1C. The van der Waals surface area contributed by atoms with E-state index in [0.717, 1.165) is 30.5 Å². The van der Waals surface area contributed by atoms with Crippen LogP contribution in [0, 0.1) is 13.8 Å². The maximum absolute atomic E-state index is 12.4. The standard InChI is InChI=1S/C14H22N2O2S/c1-10-6-7-13(9-11(10)2)19(17,18)16-14-5-4-8-15-12(14)3/h6-7,9,12,14-16H,4-5,8H2,1-3H3/t12-,14-/m1/s1. The van der Waals surface area contributed by atoms with Gasteiger partial charge in [0, 0.05) is 12.1 Å². The Hall–Kier alpha value is -0.910. The fraction of sp³-hybridized carbons (Fsp3) is 0.571. The first-order chi connectivity index (χ1) is 8.90. The number of nitrogens with one attached hydrogen (secondary N) is 2. The Morgan fingerprint density at radius 1 is 1.26 bits per heavy atom. The molecule has 5 heteroatoms. The van der Waals surface area contributed by atoms with Crippen LogP contribution in [0.5, 0.6) is 0 Å². The van der Waals surface area contributed by atoms with E-state index in [-0.39, 0.29) is 12.1 Å². The third-order valence-corrected chi connectivity index (χ3v) is 5.34. The maximum Gasteiger partial charge on any atom is 0.240 e. The Kier molecular flexibility index (Phi) is 4.28. The topological polar surface area (TPSA) is 58.2 Å². The van der Waals surface area contributed by atoms with E-state index in [2.05, 4.69) is 10.0 Å². The van der Waals surface area contributed by atoms with Gasteiger partial charge in [-0.25, -0.2) is 13.1 Å². The van der Waals surface area contributed by atoms with E-state index in [1.54, 1.807) is 12.1 Å². The summed E-state index contributed by atoms with van der Waals surface area (Å²) in [5.74, 6) is 0. The second-order valence-electron chi connectivity index (χ2n) is 5.36. The number of benzene rings is 1. The first-order valence-electron chi connectivity index (χ1n) is 6.73. The van der Waals surface area contributed by atoms with Crippen molar-refractivity contribution in [2.24, 2.45) is 0 Å². The quantitative estimate of drug-likeness (QED) is 0.887. The molecule has 1 saturated heterocycles. The summed E-state index contributed by atoms with van der Waals surface area (Å²) < 4.78 is 27.6. The highest BCUT2D eigenvalue weighted by atomic mass is 32.2. The summed E-state index contributed by atoms with van der Waals surface area (Å²) in [4.78, 5) is 0.355. The van der Waals surface area contributed by atoms with Crippen LogP contribution in [0.1, 0.15) is 30.9 Å². The molecule has 2 atom stereocenters. The molecule has 2 N–H and O–H groups in total. The average molecular weight is 282 g/mol. The average Bonchev–Trinajstić information content (AvgIpc) is 2.35. The molecule has 0 aromatic heterocycles. The van der Waals surface area contributed by atoms with Gasteiger partial charge in [-0.2, -0.15) is 0 Å². The van der Waals surface area contributed by atoms with Gasteiger partial charge >= 0.3 is 0 Å². The van der Waals surface area contributed by atoms with Crippen LogP contribution in [0.15, 0.2) is 23.1 Å². The molecule has 1 aliphatic rings. The Bertz CT molecular complexity index is 555. The van der Waals surface area contributed by atoms with E-state index in [4.69, 9.17) is 0 Å². The van der Waals surface area contributed by atoms with E-state index in [9.17, 15) is 8.42 Å². The van der Waals surface area contributed by atoms with Gasteiger partial charge in [0.1, 0.15) is 0 Å². The molecule has 0 saturated carbocycles. The molecule has 1 aliphatic heterocycles. The zero-order chi connectivity index (χ0) is 14.0. The van der Waals surface area contributed by atoms with Crippen molar-refractivity contribution >= 4 is 10.0 Å². The summed E-state index contributed by atoms with van der Waals surface area (Å²) in [5.41, 5.74) is 2.10. The van der Waals surface area contributed by atoms with Crippen LogP contribution >= 0.6 is 0 Å². The number of sulfonamides is 1. The van der Waals surface area contributed by atoms with Crippen LogP contribution < -0.4 is 10.0 Å². The zero-order valence-corrected chi connectivity index (χ0v) is 12.5. The summed E-state index contributed by atoms with van der Waals surface area (Å²) in [6.07, 6.45) is 1.89. The zero-order valence-electron chi connectivity index (χ0n) is 11.7. The van der Waals surface area contributed by atoms with Crippen LogP contribution in [0.25, 0.3) is 0 Å². The fourth-order valence-corrected chi connectivity index (χ4v) is 3.79. The molecule has 1 fully saturated rings. The van der Waals surface area contributed by atoms with Gasteiger partial charge in [-0.3, -0.25) is 0 Å². The molecule has 0 spiro atoms. The van der Waals surface area contributed by atoms with E-state index < -0.39 is 10.0 Å². The molecule has 1 heterocycles. The lowest BCUT2D eigenvalue weighted by atomic mass is 10.0. The molecule has 1 aromatic rings. The summed E-state index contributed by atoms with van der Waals surface area (Å²) >= 11 is 0. The lowest BCUT2D eigenvalue weighted by molar-refractivity contribution is 0.349. The predicted molar refractivity (Wildman–Crippen MR) is 76.7 cm³/mol. The van der Waals surface area contributed by atoms with Crippen molar-refractivity contribution in [3.8, 4) is 0 Å². The molecule has 106 valence electrons. The van der Waals surface area contributed by atoms with Crippen molar-refractivity contribution in [1.29, 1.82) is 0 Å². The number of hydrogen-bond acceptors (Lipinski definition) is 3. The van der Waals surface area contributed by atoms with Crippen LogP contribution in [0.2, 0.25) is 0 Å². The first kappa shape index (κ1) is 14.5. The van der Waals surface area contributed by atoms with Crippen molar-refractivity contribution < 1.29 is 8.42 Å². The molecule has 0 bridgehead atoms. The highest BCUT2D eigenvalue weighted by Gasteiger charge is 2.26. The third kappa shape index (κ3) is 3.35. The molecule has 0 unspecified atom stereocenters. The minimum absolute atomic E-state index is 0.0274. The number of piperidine rings is 1. The van der Waals surface area contributed by atoms with Crippen LogP contribution in [-0.4, -0.2) is 27.0 Å². The maximum atomic E-state index is 12.4. The smallest absolute Gasteiger partial charge is 0.240 e. The lowest BCUT2D eigenvalue weighted by Gasteiger charge is -2.30. The third-order valence-electron chi connectivity index (χ3n) is 3.86. The van der Waals surface area contributed by atoms with Gasteiger partial charge in [0.15, 0.2) is 0 Å². The number of rotatable bonds is 3. The van der Waals surface area contributed by atoms with Gasteiger partial charge in [-0.15, -0.1) is 0 Å². The second kappa shape index (κ2) is 5.61. The largest absolute Gasteiger partial charge is 0.313 e. The second-order valence-corrected chi connectivity index (χ2v) is 7.07. The van der Waals surface area contributed by atoms with Crippen molar-refractivity contribution in [1.82, 2.24) is 10.0 Å². The van der Waals surface area contributed by atoms with Gasteiger partial charge in [0.25, 0.3) is 0 Å². The van der Waals surface area contributed by atoms with Crippen molar-refractivity contribution in [3.05, 3.63) is 29.3 Å². The summed E-state index contributed by atoms with van der Waals surface area (Å²) in [6.45, 7) is 6.89. The Morgan fingerprint density at radius 3 is 2.63 bits per heavy atom. The highest BCUT2D eigenvalue weighted by molar-refractivity contribution is 7.89. The van der Waals surface area contributed by atoms with Crippen molar-refractivity contribution in [2.75, 3.05) is 6.54 Å². The van der Waals surface area contributed by atoms with Gasteiger partial charge in [-0.1, -0.05) is 6.07 Å². The minimum atomic E-state index is -3.42. The Balaban J connectivity index is 2.19. The molecule has 0 radical (unpaired) electrons. The van der Waals surface area contributed by atoms with E-state index in [1.165, 1.54) is 0 Å². The minimum Gasteiger partial charge on any atom is -0.313 e. The normalized spacial score (nSPS) is 24.4. The number of aryl methyl sites for hydroxylation is 2. The molecular weight excluding hydrogens is 260 g/mol. The number of hydrogen-bond donors (Lipinski definition) is 2. The molecule has 4 nitrogen and oxygen atoms in total. The summed E-state index contributed by atoms with van der Waals surface area (Å²) in [5, 5.41) is 3.30. The molecule has 2 rings (SSSR count). The van der Waals surface area contributed by atoms with Gasteiger partial charge in [0.05, 0.1) is 4.90 Å². The van der Waals surface area contributed by atoms with Gasteiger partial charge in [-0.05, 0) is 63.4 Å². The van der Waals surface area contributed by atoms with Gasteiger partial charge in [0.2, 0.25) is 10.0 Å². The first-order valence-corrected chi connectivity index (χ1v) is 8.21.